The van der Waals surface area contributed by atoms with Crippen LogP contribution in [0.5, 0.6) is 0 Å². The third-order valence-corrected chi connectivity index (χ3v) is 2.04. The van der Waals surface area contributed by atoms with Crippen molar-refractivity contribution in [1.82, 2.24) is 0 Å². The van der Waals surface area contributed by atoms with Gasteiger partial charge in [0.05, 0.1) is 0 Å². The molecular formula is C7H2F13. The zero-order valence-electron chi connectivity index (χ0n) is 8.57. The van der Waals surface area contributed by atoms with E-state index in [9.17, 15) is 57.1 Å². The Morgan fingerprint density at radius 1 is 0.600 bits per heavy atom. The lowest BCUT2D eigenvalue weighted by Crippen LogP contribution is -2.68. The Balaban J connectivity index is 5.98. The minimum Gasteiger partial charge on any atom is -0.237 e. The Morgan fingerprint density at radius 2 is 0.950 bits per heavy atom. The second-order valence-corrected chi connectivity index (χ2v) is 3.38. The van der Waals surface area contributed by atoms with Gasteiger partial charge in [0, 0.05) is 0 Å². The van der Waals surface area contributed by atoms with Gasteiger partial charge in [0.15, 0.2) is 0 Å². The molecule has 0 aliphatic carbocycles. The zero-order chi connectivity index (χ0) is 16.8. The Hall–Kier alpha value is -0.910. The van der Waals surface area contributed by atoms with Gasteiger partial charge in [-0.05, 0) is 0 Å². The van der Waals surface area contributed by atoms with E-state index in [0.717, 1.165) is 0 Å². The van der Waals surface area contributed by atoms with Crippen molar-refractivity contribution in [2.75, 3.05) is 0 Å². The van der Waals surface area contributed by atoms with Gasteiger partial charge in [0.2, 0.25) is 6.67 Å². The molecule has 121 valence electrons. The lowest BCUT2D eigenvalue weighted by molar-refractivity contribution is -0.410. The molecule has 0 saturated carbocycles. The van der Waals surface area contributed by atoms with Crippen LogP contribution in [0.4, 0.5) is 57.1 Å². The molecule has 0 aromatic carbocycles. The van der Waals surface area contributed by atoms with Gasteiger partial charge in [-0.25, -0.2) is 13.2 Å². The summed E-state index contributed by atoms with van der Waals surface area (Å²) < 4.78 is 158. The number of hydrogen-bond donors (Lipinski definition) is 0. The smallest absolute Gasteiger partial charge is 0.237 e. The molecule has 0 rings (SSSR count). The standard InChI is InChI=1S/C7H2F13/c8-1-3(11,12)5(15,16)7(19,20)6(17,18)4(13,14)2(9)10/h1-2H. The Bertz CT molecular complexity index is 343. The van der Waals surface area contributed by atoms with Crippen LogP contribution in [0.15, 0.2) is 0 Å². The molecule has 0 aliphatic rings. The molecule has 20 heavy (non-hydrogen) atoms. The van der Waals surface area contributed by atoms with Gasteiger partial charge in [0.25, 0.3) is 0 Å². The predicted octanol–water partition coefficient (Wildman–Crippen LogP) is 4.56. The fourth-order valence-corrected chi connectivity index (χ4v) is 0.821. The quantitative estimate of drug-likeness (QED) is 0.625. The van der Waals surface area contributed by atoms with E-state index in [-0.39, 0.29) is 0 Å². The van der Waals surface area contributed by atoms with Crippen molar-refractivity contribution >= 4 is 0 Å². The van der Waals surface area contributed by atoms with Gasteiger partial charge in [-0.15, -0.1) is 0 Å². The summed E-state index contributed by atoms with van der Waals surface area (Å²) in [6.07, 6.45) is -5.57. The minimum atomic E-state index is -7.67. The summed E-state index contributed by atoms with van der Waals surface area (Å²) in [5.74, 6) is -36.3. The molecule has 0 N–H and O–H groups in total. The van der Waals surface area contributed by atoms with Crippen LogP contribution in [-0.4, -0.2) is 36.0 Å². The maximum atomic E-state index is 12.5. The lowest BCUT2D eigenvalue weighted by Gasteiger charge is -2.38. The van der Waals surface area contributed by atoms with E-state index in [1.165, 1.54) is 0 Å². The van der Waals surface area contributed by atoms with Gasteiger partial charge < -0.3 is 0 Å². The summed E-state index contributed by atoms with van der Waals surface area (Å²) in [5, 5.41) is 0. The van der Waals surface area contributed by atoms with Gasteiger partial charge in [0.1, 0.15) is 0 Å². The summed E-state index contributed by atoms with van der Waals surface area (Å²) in [4.78, 5) is 0. The highest BCUT2D eigenvalue weighted by atomic mass is 19.4. The SMILES string of the molecule is F[CH]C(F)(F)C(F)(F)C(F)(F)C(F)(F)C(F)(F)C(F)F. The number of halogens is 13. The van der Waals surface area contributed by atoms with Crippen LogP contribution in [-0.2, 0) is 0 Å². The number of alkyl halides is 12. The molecule has 0 bridgehead atoms. The highest BCUT2D eigenvalue weighted by molar-refractivity contribution is 5.10. The average molecular weight is 333 g/mol. The predicted molar refractivity (Wildman–Crippen MR) is 36.1 cm³/mol. The van der Waals surface area contributed by atoms with Crippen molar-refractivity contribution in [1.29, 1.82) is 0 Å². The van der Waals surface area contributed by atoms with Crippen LogP contribution in [0.3, 0.4) is 0 Å². The highest BCUT2D eigenvalue weighted by Gasteiger charge is 2.87. The first-order valence-electron chi connectivity index (χ1n) is 4.12. The highest BCUT2D eigenvalue weighted by Crippen LogP contribution is 2.58. The van der Waals surface area contributed by atoms with Gasteiger partial charge in [-0.3, -0.25) is 0 Å². The van der Waals surface area contributed by atoms with E-state index < -0.39 is 42.7 Å². The first-order valence-corrected chi connectivity index (χ1v) is 4.12. The molecule has 0 aromatic rings. The van der Waals surface area contributed by atoms with E-state index in [2.05, 4.69) is 0 Å². The van der Waals surface area contributed by atoms with Crippen molar-refractivity contribution in [2.24, 2.45) is 0 Å². The van der Waals surface area contributed by atoms with Gasteiger partial charge in [-0.1, -0.05) is 0 Å². The summed E-state index contributed by atoms with van der Waals surface area (Å²) >= 11 is 0. The average Bonchev–Trinajstić information content (AvgIpc) is 2.27. The molecule has 0 amide bonds. The molecule has 0 aromatic heterocycles. The van der Waals surface area contributed by atoms with E-state index >= 15 is 0 Å². The molecule has 0 nitrogen and oxygen atoms in total. The molecular weight excluding hydrogens is 331 g/mol. The molecule has 0 aliphatic heterocycles. The molecule has 0 spiro atoms. The fourth-order valence-electron chi connectivity index (χ4n) is 0.821. The maximum Gasteiger partial charge on any atom is 0.384 e. The zero-order valence-corrected chi connectivity index (χ0v) is 8.57. The third-order valence-electron chi connectivity index (χ3n) is 2.04. The van der Waals surface area contributed by atoms with E-state index in [0.29, 0.717) is 0 Å². The minimum absolute atomic E-state index is 2.45. The second kappa shape index (κ2) is 4.83. The monoisotopic (exact) mass is 333 g/mol. The third kappa shape index (κ3) is 2.28. The summed E-state index contributed by atoms with van der Waals surface area (Å²) in [6, 6.07) is 0. The molecule has 0 saturated heterocycles. The number of rotatable bonds is 6. The Kier molecular flexibility index (Phi) is 4.61. The summed E-state index contributed by atoms with van der Waals surface area (Å²) in [5.41, 5.74) is 0. The van der Waals surface area contributed by atoms with Crippen molar-refractivity contribution in [2.45, 2.75) is 36.0 Å². The fraction of sp³-hybridized carbons (Fsp3) is 0.857. The normalized spacial score (nSPS) is 15.9. The summed E-state index contributed by atoms with van der Waals surface area (Å²) in [6.45, 7) is -2.45. The van der Waals surface area contributed by atoms with E-state index in [1.54, 1.807) is 0 Å². The van der Waals surface area contributed by atoms with Crippen LogP contribution in [0.25, 0.3) is 0 Å². The Labute approximate surface area is 101 Å². The van der Waals surface area contributed by atoms with E-state index in [1.807, 2.05) is 0 Å². The molecule has 0 unspecified atom stereocenters. The first-order chi connectivity index (χ1) is 8.50. The van der Waals surface area contributed by atoms with Crippen LogP contribution in [0.1, 0.15) is 0 Å². The van der Waals surface area contributed by atoms with Gasteiger partial charge in [-0.2, -0.15) is 43.9 Å². The van der Waals surface area contributed by atoms with Crippen LogP contribution >= 0.6 is 0 Å². The van der Waals surface area contributed by atoms with Crippen molar-refractivity contribution in [3.05, 3.63) is 6.67 Å². The summed E-state index contributed by atoms with van der Waals surface area (Å²) in [7, 11) is 0. The van der Waals surface area contributed by atoms with Gasteiger partial charge >= 0.3 is 36.0 Å². The molecule has 0 atom stereocenters. The maximum absolute atomic E-state index is 12.5. The molecule has 13 heteroatoms. The molecule has 1 radical (unpaired) electrons. The van der Waals surface area contributed by atoms with Crippen LogP contribution in [0, 0.1) is 6.67 Å². The lowest BCUT2D eigenvalue weighted by atomic mass is 9.95. The molecule has 0 fully saturated rings. The van der Waals surface area contributed by atoms with Crippen LogP contribution < -0.4 is 0 Å². The van der Waals surface area contributed by atoms with Crippen molar-refractivity contribution in [3.8, 4) is 0 Å². The van der Waals surface area contributed by atoms with Crippen molar-refractivity contribution in [3.63, 3.8) is 0 Å². The van der Waals surface area contributed by atoms with E-state index in [4.69, 9.17) is 0 Å². The van der Waals surface area contributed by atoms with Crippen molar-refractivity contribution < 1.29 is 57.1 Å². The topological polar surface area (TPSA) is 0 Å². The second-order valence-electron chi connectivity index (χ2n) is 3.38. The molecule has 0 heterocycles. The largest absolute Gasteiger partial charge is 0.384 e. The Morgan fingerprint density at radius 3 is 1.20 bits per heavy atom. The number of hydrogen-bond acceptors (Lipinski definition) is 0. The first kappa shape index (κ1) is 19.1. The van der Waals surface area contributed by atoms with Crippen LogP contribution in [0.2, 0.25) is 0 Å².